The van der Waals surface area contributed by atoms with Gasteiger partial charge in [0.15, 0.2) is 0 Å². The van der Waals surface area contributed by atoms with Crippen molar-refractivity contribution in [1.29, 1.82) is 0 Å². The summed E-state index contributed by atoms with van der Waals surface area (Å²) in [4.78, 5) is 29.9. The van der Waals surface area contributed by atoms with E-state index in [2.05, 4.69) is 15.5 Å². The summed E-state index contributed by atoms with van der Waals surface area (Å²) in [5.74, 6) is 0.837. The maximum Gasteiger partial charge on any atom is 0.227 e. The van der Waals surface area contributed by atoms with Crippen molar-refractivity contribution in [1.82, 2.24) is 20.4 Å². The molecular weight excluding hydrogens is 356 g/mol. The van der Waals surface area contributed by atoms with E-state index in [1.165, 1.54) is 0 Å². The summed E-state index contributed by atoms with van der Waals surface area (Å²) in [6.45, 7) is 2.02. The molecule has 2 amide bonds. The number of nitrogens with zero attached hydrogens (tertiary/aromatic N) is 3. The van der Waals surface area contributed by atoms with Crippen LogP contribution in [0.4, 0.5) is 0 Å². The fourth-order valence-electron chi connectivity index (χ4n) is 2.81. The van der Waals surface area contributed by atoms with Gasteiger partial charge < -0.3 is 14.7 Å². The minimum atomic E-state index is -0.134. The molecule has 7 nitrogen and oxygen atoms in total. The summed E-state index contributed by atoms with van der Waals surface area (Å²) < 4.78 is 5.18. The largest absolute Gasteiger partial charge is 0.356 e. The van der Waals surface area contributed by atoms with Crippen molar-refractivity contribution in [2.75, 3.05) is 19.6 Å². The Morgan fingerprint density at radius 1 is 1.15 bits per heavy atom. The Morgan fingerprint density at radius 3 is 2.62 bits per heavy atom. The Hall–Kier alpha value is -2.41. The number of hydrogen-bond donors (Lipinski definition) is 1. The fourth-order valence-corrected chi connectivity index (χ4v) is 2.94. The number of halogens is 1. The third kappa shape index (κ3) is 5.05. The molecule has 0 atom stereocenters. The highest BCUT2D eigenvalue weighted by molar-refractivity contribution is 6.30. The van der Waals surface area contributed by atoms with Crippen molar-refractivity contribution in [3.8, 4) is 11.4 Å². The summed E-state index contributed by atoms with van der Waals surface area (Å²) in [5, 5.41) is 7.31. The molecule has 1 aliphatic rings. The average molecular weight is 377 g/mol. The lowest BCUT2D eigenvalue weighted by molar-refractivity contribution is -0.130. The number of benzene rings is 1. The first kappa shape index (κ1) is 18.4. The topological polar surface area (TPSA) is 88.3 Å². The standard InChI is InChI=1S/C18H21ClN4O3/c19-14-5-3-13(4-6-14)18-21-16(26-22-18)8-7-15(24)20-10-9-17(25)23-11-1-2-12-23/h3-6H,1-2,7-12H2,(H,20,24). The highest BCUT2D eigenvalue weighted by Gasteiger charge is 2.17. The van der Waals surface area contributed by atoms with Crippen LogP contribution >= 0.6 is 11.6 Å². The van der Waals surface area contributed by atoms with Gasteiger partial charge in [0.1, 0.15) is 0 Å². The Morgan fingerprint density at radius 2 is 1.88 bits per heavy atom. The maximum atomic E-state index is 11.9. The first-order valence-corrected chi connectivity index (χ1v) is 9.12. The summed E-state index contributed by atoms with van der Waals surface area (Å²) >= 11 is 5.85. The van der Waals surface area contributed by atoms with Gasteiger partial charge in [-0.1, -0.05) is 16.8 Å². The molecule has 0 saturated carbocycles. The number of aryl methyl sites for hydroxylation is 1. The van der Waals surface area contributed by atoms with E-state index in [9.17, 15) is 9.59 Å². The van der Waals surface area contributed by atoms with Gasteiger partial charge >= 0.3 is 0 Å². The van der Waals surface area contributed by atoms with E-state index >= 15 is 0 Å². The Labute approximate surface area is 156 Å². The number of rotatable bonds is 7. The zero-order valence-electron chi connectivity index (χ0n) is 14.4. The second kappa shape index (κ2) is 8.80. The van der Waals surface area contributed by atoms with E-state index in [1.54, 1.807) is 24.3 Å². The average Bonchev–Trinajstić information content (AvgIpc) is 3.32. The number of carbonyl (C=O) groups is 2. The molecule has 1 aliphatic heterocycles. The van der Waals surface area contributed by atoms with E-state index < -0.39 is 0 Å². The number of amides is 2. The molecule has 3 rings (SSSR count). The molecule has 26 heavy (non-hydrogen) atoms. The molecule has 1 N–H and O–H groups in total. The van der Waals surface area contributed by atoms with Gasteiger partial charge in [0.05, 0.1) is 0 Å². The molecule has 1 aromatic carbocycles. The van der Waals surface area contributed by atoms with Crippen LogP contribution in [0.1, 0.15) is 31.6 Å². The predicted molar refractivity (Wildman–Crippen MR) is 96.5 cm³/mol. The van der Waals surface area contributed by atoms with Crippen LogP contribution < -0.4 is 5.32 Å². The highest BCUT2D eigenvalue weighted by Crippen LogP contribution is 2.19. The van der Waals surface area contributed by atoms with Crippen LogP contribution in [0.2, 0.25) is 5.02 Å². The van der Waals surface area contributed by atoms with Crippen molar-refractivity contribution in [3.05, 3.63) is 35.2 Å². The van der Waals surface area contributed by atoms with Gasteiger partial charge in [0.25, 0.3) is 0 Å². The molecule has 138 valence electrons. The predicted octanol–water partition coefficient (Wildman–Crippen LogP) is 2.45. The molecule has 0 aliphatic carbocycles. The lowest BCUT2D eigenvalue weighted by atomic mass is 10.2. The monoisotopic (exact) mass is 376 g/mol. The zero-order valence-corrected chi connectivity index (χ0v) is 15.2. The van der Waals surface area contributed by atoms with Crippen molar-refractivity contribution < 1.29 is 14.1 Å². The number of hydrogen-bond acceptors (Lipinski definition) is 5. The van der Waals surface area contributed by atoms with Crippen molar-refractivity contribution in [2.24, 2.45) is 0 Å². The zero-order chi connectivity index (χ0) is 18.4. The lowest BCUT2D eigenvalue weighted by Gasteiger charge is -2.15. The summed E-state index contributed by atoms with van der Waals surface area (Å²) in [6.07, 6.45) is 3.07. The van der Waals surface area contributed by atoms with Crippen LogP contribution in [-0.4, -0.2) is 46.5 Å². The summed E-state index contributed by atoms with van der Waals surface area (Å²) in [7, 11) is 0. The molecule has 0 spiro atoms. The molecule has 1 saturated heterocycles. The quantitative estimate of drug-likeness (QED) is 0.801. The van der Waals surface area contributed by atoms with Gasteiger partial charge in [-0.2, -0.15) is 4.98 Å². The van der Waals surface area contributed by atoms with Gasteiger partial charge in [-0.25, -0.2) is 0 Å². The van der Waals surface area contributed by atoms with Gasteiger partial charge in [-0.3, -0.25) is 9.59 Å². The van der Waals surface area contributed by atoms with E-state index in [0.717, 1.165) is 31.5 Å². The normalized spacial score (nSPS) is 13.8. The van der Waals surface area contributed by atoms with E-state index in [0.29, 0.717) is 36.1 Å². The minimum Gasteiger partial charge on any atom is -0.356 e. The second-order valence-corrected chi connectivity index (χ2v) is 6.64. The van der Waals surface area contributed by atoms with Gasteiger partial charge in [0, 0.05) is 49.5 Å². The lowest BCUT2D eigenvalue weighted by Crippen LogP contribution is -2.32. The van der Waals surface area contributed by atoms with Gasteiger partial charge in [-0.15, -0.1) is 0 Å². The Bertz CT molecular complexity index is 754. The minimum absolute atomic E-state index is 0.104. The molecule has 0 radical (unpaired) electrons. The molecule has 1 fully saturated rings. The molecule has 2 aromatic rings. The van der Waals surface area contributed by atoms with Crippen molar-refractivity contribution in [3.63, 3.8) is 0 Å². The van der Waals surface area contributed by atoms with Crippen molar-refractivity contribution in [2.45, 2.75) is 32.1 Å². The molecule has 0 bridgehead atoms. The van der Waals surface area contributed by atoms with E-state index in [-0.39, 0.29) is 18.2 Å². The maximum absolute atomic E-state index is 11.9. The van der Waals surface area contributed by atoms with E-state index in [4.69, 9.17) is 16.1 Å². The van der Waals surface area contributed by atoms with Crippen LogP contribution in [-0.2, 0) is 16.0 Å². The van der Waals surface area contributed by atoms with E-state index in [1.807, 2.05) is 4.90 Å². The van der Waals surface area contributed by atoms with Crippen LogP contribution in [0, 0.1) is 0 Å². The third-order valence-electron chi connectivity index (χ3n) is 4.26. The van der Waals surface area contributed by atoms with Gasteiger partial charge in [-0.05, 0) is 37.1 Å². The first-order chi connectivity index (χ1) is 12.6. The number of likely N-dealkylation sites (tertiary alicyclic amines) is 1. The van der Waals surface area contributed by atoms with Crippen LogP contribution in [0.15, 0.2) is 28.8 Å². The second-order valence-electron chi connectivity index (χ2n) is 6.21. The van der Waals surface area contributed by atoms with Crippen LogP contribution in [0.3, 0.4) is 0 Å². The molecule has 2 heterocycles. The molecular formula is C18H21ClN4O3. The van der Waals surface area contributed by atoms with Crippen LogP contribution in [0.5, 0.6) is 0 Å². The fraction of sp³-hybridized carbons (Fsp3) is 0.444. The Kier molecular flexibility index (Phi) is 6.22. The highest BCUT2D eigenvalue weighted by atomic mass is 35.5. The molecule has 1 aromatic heterocycles. The third-order valence-corrected chi connectivity index (χ3v) is 4.51. The summed E-state index contributed by atoms with van der Waals surface area (Å²) in [6, 6.07) is 7.12. The SMILES string of the molecule is O=C(CCc1nc(-c2ccc(Cl)cc2)no1)NCCC(=O)N1CCCC1. The van der Waals surface area contributed by atoms with Crippen LogP contribution in [0.25, 0.3) is 11.4 Å². The number of carbonyl (C=O) groups excluding carboxylic acids is 2. The molecule has 0 unspecified atom stereocenters. The number of aromatic nitrogens is 2. The first-order valence-electron chi connectivity index (χ1n) is 8.75. The smallest absolute Gasteiger partial charge is 0.227 e. The number of nitrogens with one attached hydrogen (secondary N) is 1. The van der Waals surface area contributed by atoms with Gasteiger partial charge in [0.2, 0.25) is 23.5 Å². The Balaban J connectivity index is 1.39. The summed E-state index contributed by atoms with van der Waals surface area (Å²) in [5.41, 5.74) is 0.800. The van der Waals surface area contributed by atoms with Crippen molar-refractivity contribution >= 4 is 23.4 Å². The molecule has 8 heteroatoms.